The zero-order valence-electron chi connectivity index (χ0n) is 10.8. The fourth-order valence-electron chi connectivity index (χ4n) is 1.75. The van der Waals surface area contributed by atoms with Crippen molar-refractivity contribution in [1.29, 1.82) is 0 Å². The summed E-state index contributed by atoms with van der Waals surface area (Å²) in [7, 11) is 0. The lowest BCUT2D eigenvalue weighted by Gasteiger charge is -2.07. The summed E-state index contributed by atoms with van der Waals surface area (Å²) in [4.78, 5) is 14.9. The molecule has 0 aliphatic carbocycles. The Kier molecular flexibility index (Phi) is 4.13. The molecule has 4 heteroatoms. The van der Waals surface area contributed by atoms with E-state index in [0.29, 0.717) is 12.4 Å². The summed E-state index contributed by atoms with van der Waals surface area (Å²) in [6, 6.07) is 11.3. The number of aromatic carboxylic acids is 1. The van der Waals surface area contributed by atoms with Gasteiger partial charge in [0.15, 0.2) is 0 Å². The molecule has 2 N–H and O–H groups in total. The van der Waals surface area contributed by atoms with Gasteiger partial charge in [0.1, 0.15) is 5.82 Å². The van der Waals surface area contributed by atoms with Crippen LogP contribution in [0.5, 0.6) is 0 Å². The van der Waals surface area contributed by atoms with Crippen LogP contribution in [-0.4, -0.2) is 16.1 Å². The summed E-state index contributed by atoms with van der Waals surface area (Å²) in [6.45, 7) is 2.74. The Balaban J connectivity index is 2.01. The molecule has 0 saturated heterocycles. The molecule has 0 fully saturated rings. The van der Waals surface area contributed by atoms with E-state index in [-0.39, 0.29) is 5.56 Å². The summed E-state index contributed by atoms with van der Waals surface area (Å²) in [5, 5.41) is 12.0. The van der Waals surface area contributed by atoms with Gasteiger partial charge >= 0.3 is 5.97 Å². The van der Waals surface area contributed by atoms with E-state index < -0.39 is 5.97 Å². The largest absolute Gasteiger partial charge is 0.478 e. The molecule has 4 nitrogen and oxygen atoms in total. The van der Waals surface area contributed by atoms with Crippen molar-refractivity contribution in [2.24, 2.45) is 0 Å². The van der Waals surface area contributed by atoms with Crippen LogP contribution in [0.25, 0.3) is 0 Å². The maximum atomic E-state index is 10.8. The Morgan fingerprint density at radius 3 is 2.53 bits per heavy atom. The second kappa shape index (κ2) is 6.00. The van der Waals surface area contributed by atoms with Crippen molar-refractivity contribution in [1.82, 2.24) is 4.98 Å². The van der Waals surface area contributed by atoms with E-state index in [1.165, 1.54) is 23.9 Å². The molecular weight excluding hydrogens is 240 g/mol. The number of pyridine rings is 1. The molecule has 0 spiro atoms. The molecule has 1 aromatic carbocycles. The van der Waals surface area contributed by atoms with Crippen LogP contribution in [0.2, 0.25) is 0 Å². The number of hydrogen-bond donors (Lipinski definition) is 2. The average Bonchev–Trinajstić information content (AvgIpc) is 2.46. The Morgan fingerprint density at radius 1 is 1.21 bits per heavy atom. The lowest BCUT2D eigenvalue weighted by atomic mass is 10.1. The minimum Gasteiger partial charge on any atom is -0.478 e. The lowest BCUT2D eigenvalue weighted by molar-refractivity contribution is 0.0697. The van der Waals surface area contributed by atoms with E-state index in [1.54, 1.807) is 0 Å². The zero-order chi connectivity index (χ0) is 13.7. The highest BCUT2D eigenvalue weighted by Gasteiger charge is 2.03. The minimum absolute atomic E-state index is 0.235. The van der Waals surface area contributed by atoms with Crippen LogP contribution in [-0.2, 0) is 13.0 Å². The Morgan fingerprint density at radius 2 is 1.89 bits per heavy atom. The number of nitrogens with zero attached hydrogens (tertiary/aromatic N) is 1. The number of aromatic nitrogens is 1. The molecule has 1 heterocycles. The number of nitrogens with one attached hydrogen (secondary N) is 1. The van der Waals surface area contributed by atoms with Crippen LogP contribution in [0.4, 0.5) is 5.82 Å². The van der Waals surface area contributed by atoms with Gasteiger partial charge in [-0.15, -0.1) is 0 Å². The van der Waals surface area contributed by atoms with Crippen molar-refractivity contribution in [3.8, 4) is 0 Å². The molecule has 2 aromatic rings. The first kappa shape index (κ1) is 13.1. The van der Waals surface area contributed by atoms with Gasteiger partial charge in [0, 0.05) is 12.7 Å². The molecule has 0 aliphatic heterocycles. The maximum Gasteiger partial charge on any atom is 0.335 e. The Labute approximate surface area is 112 Å². The van der Waals surface area contributed by atoms with E-state index in [4.69, 9.17) is 5.11 Å². The van der Waals surface area contributed by atoms with Crippen LogP contribution in [0.1, 0.15) is 28.4 Å². The first-order chi connectivity index (χ1) is 9.19. The molecule has 19 heavy (non-hydrogen) atoms. The van der Waals surface area contributed by atoms with Gasteiger partial charge in [-0.1, -0.05) is 31.2 Å². The van der Waals surface area contributed by atoms with Gasteiger partial charge in [-0.3, -0.25) is 0 Å². The summed E-state index contributed by atoms with van der Waals surface area (Å²) in [6.07, 6.45) is 2.52. The first-order valence-corrected chi connectivity index (χ1v) is 6.20. The van der Waals surface area contributed by atoms with Crippen LogP contribution in [0.15, 0.2) is 42.6 Å². The monoisotopic (exact) mass is 256 g/mol. The topological polar surface area (TPSA) is 62.2 Å². The third-order valence-electron chi connectivity index (χ3n) is 2.91. The van der Waals surface area contributed by atoms with Crippen molar-refractivity contribution >= 4 is 11.8 Å². The number of hydrogen-bond acceptors (Lipinski definition) is 3. The third kappa shape index (κ3) is 3.55. The van der Waals surface area contributed by atoms with Crippen molar-refractivity contribution in [3.05, 3.63) is 59.3 Å². The van der Waals surface area contributed by atoms with Gasteiger partial charge in [-0.05, 0) is 29.7 Å². The molecule has 0 aliphatic rings. The average molecular weight is 256 g/mol. The molecule has 0 saturated carbocycles. The molecule has 0 radical (unpaired) electrons. The van der Waals surface area contributed by atoms with Crippen LogP contribution in [0.3, 0.4) is 0 Å². The predicted molar refractivity (Wildman–Crippen MR) is 74.3 cm³/mol. The Bertz CT molecular complexity index is 565. The SMILES string of the molecule is CCc1ccc(CNc2cc(C(=O)O)ccn2)cc1. The number of rotatable bonds is 5. The van der Waals surface area contributed by atoms with Crippen molar-refractivity contribution < 1.29 is 9.90 Å². The number of aryl methyl sites for hydroxylation is 1. The molecular formula is C15H16N2O2. The second-order valence-electron chi connectivity index (χ2n) is 4.26. The third-order valence-corrected chi connectivity index (χ3v) is 2.91. The van der Waals surface area contributed by atoms with Crippen LogP contribution < -0.4 is 5.32 Å². The minimum atomic E-state index is -0.947. The normalized spacial score (nSPS) is 10.2. The van der Waals surface area contributed by atoms with Crippen LogP contribution in [0, 0.1) is 0 Å². The number of carboxylic acid groups (broad SMARTS) is 1. The van der Waals surface area contributed by atoms with Gasteiger partial charge in [-0.2, -0.15) is 0 Å². The van der Waals surface area contributed by atoms with E-state index in [2.05, 4.69) is 41.5 Å². The van der Waals surface area contributed by atoms with E-state index in [0.717, 1.165) is 12.0 Å². The highest BCUT2D eigenvalue weighted by molar-refractivity contribution is 5.88. The summed E-state index contributed by atoms with van der Waals surface area (Å²) in [5.74, 6) is -0.378. The first-order valence-electron chi connectivity index (χ1n) is 6.20. The summed E-state index contributed by atoms with van der Waals surface area (Å²) < 4.78 is 0. The van der Waals surface area contributed by atoms with Gasteiger partial charge in [0.2, 0.25) is 0 Å². The lowest BCUT2D eigenvalue weighted by Crippen LogP contribution is -2.03. The summed E-state index contributed by atoms with van der Waals surface area (Å²) >= 11 is 0. The Hall–Kier alpha value is -2.36. The van der Waals surface area contributed by atoms with Crippen molar-refractivity contribution in [3.63, 3.8) is 0 Å². The molecule has 1 aromatic heterocycles. The second-order valence-corrected chi connectivity index (χ2v) is 4.26. The number of benzene rings is 1. The van der Waals surface area contributed by atoms with Crippen molar-refractivity contribution in [2.45, 2.75) is 19.9 Å². The molecule has 98 valence electrons. The van der Waals surface area contributed by atoms with Gasteiger partial charge < -0.3 is 10.4 Å². The van der Waals surface area contributed by atoms with E-state index in [9.17, 15) is 4.79 Å². The van der Waals surface area contributed by atoms with Crippen LogP contribution >= 0.6 is 0 Å². The van der Waals surface area contributed by atoms with E-state index in [1.807, 2.05) is 0 Å². The zero-order valence-corrected chi connectivity index (χ0v) is 10.8. The van der Waals surface area contributed by atoms with Gasteiger partial charge in [0.05, 0.1) is 5.56 Å². The van der Waals surface area contributed by atoms with Gasteiger partial charge in [-0.25, -0.2) is 9.78 Å². The highest BCUT2D eigenvalue weighted by Crippen LogP contribution is 2.10. The molecule has 0 atom stereocenters. The number of anilines is 1. The molecule has 0 bridgehead atoms. The molecule has 0 unspecified atom stereocenters. The standard InChI is InChI=1S/C15H16N2O2/c1-2-11-3-5-12(6-4-11)10-17-14-9-13(15(18)19)7-8-16-14/h3-9H,2,10H2,1H3,(H,16,17)(H,18,19). The maximum absolute atomic E-state index is 10.8. The molecule has 2 rings (SSSR count). The summed E-state index contributed by atoms with van der Waals surface area (Å²) in [5.41, 5.74) is 2.67. The number of carboxylic acids is 1. The number of carbonyl (C=O) groups is 1. The van der Waals surface area contributed by atoms with Gasteiger partial charge in [0.25, 0.3) is 0 Å². The van der Waals surface area contributed by atoms with E-state index >= 15 is 0 Å². The fourth-order valence-corrected chi connectivity index (χ4v) is 1.75. The quantitative estimate of drug-likeness (QED) is 0.863. The highest BCUT2D eigenvalue weighted by atomic mass is 16.4. The molecule has 0 amide bonds. The fraction of sp³-hybridized carbons (Fsp3) is 0.200. The smallest absolute Gasteiger partial charge is 0.335 e. The predicted octanol–water partition coefficient (Wildman–Crippen LogP) is 2.95. The van der Waals surface area contributed by atoms with Crippen molar-refractivity contribution in [2.75, 3.05) is 5.32 Å².